The van der Waals surface area contributed by atoms with Gasteiger partial charge in [0, 0.05) is 19.1 Å². The van der Waals surface area contributed by atoms with E-state index in [2.05, 4.69) is 19.2 Å². The molecule has 29 heavy (non-hydrogen) atoms. The summed E-state index contributed by atoms with van der Waals surface area (Å²) in [6, 6.07) is 4.23. The second kappa shape index (κ2) is 8.35. The molecule has 2 heterocycles. The molecule has 2 aliphatic rings. The van der Waals surface area contributed by atoms with Crippen LogP contribution in [-0.2, 0) is 14.8 Å². The molecule has 0 aliphatic carbocycles. The van der Waals surface area contributed by atoms with Crippen molar-refractivity contribution in [3.05, 3.63) is 28.2 Å². The summed E-state index contributed by atoms with van der Waals surface area (Å²) < 4.78 is 27.6. The largest absolute Gasteiger partial charge is 0.320 e. The smallest absolute Gasteiger partial charge is 0.243 e. The van der Waals surface area contributed by atoms with E-state index in [0.717, 1.165) is 6.42 Å². The van der Waals surface area contributed by atoms with Crippen molar-refractivity contribution in [1.29, 1.82) is 0 Å². The van der Waals surface area contributed by atoms with Crippen molar-refractivity contribution >= 4 is 39.1 Å². The number of hydrogen-bond acceptors (Lipinski definition) is 4. The standard InChI is InChI=1S/C20H29Cl2N3O3S/c1-5-14(4)25-19(26)18(13(2)3)23-20(25)8-10-24(11-9-20)29(27,28)15-6-7-16(21)17(22)12-15/h6-7,12-14,18,23H,5,8-11H2,1-4H3. The maximum absolute atomic E-state index is 13.1. The highest BCUT2D eigenvalue weighted by Gasteiger charge is 2.54. The van der Waals surface area contributed by atoms with Crippen molar-refractivity contribution in [3.8, 4) is 0 Å². The number of carbonyl (C=O) groups excluding carboxylic acids is 1. The summed E-state index contributed by atoms with van der Waals surface area (Å²) in [4.78, 5) is 15.2. The number of piperidine rings is 1. The Morgan fingerprint density at radius 2 is 1.79 bits per heavy atom. The zero-order valence-electron chi connectivity index (χ0n) is 17.3. The van der Waals surface area contributed by atoms with Gasteiger partial charge in [0.1, 0.15) is 0 Å². The van der Waals surface area contributed by atoms with Gasteiger partial charge in [-0.1, -0.05) is 44.0 Å². The summed E-state index contributed by atoms with van der Waals surface area (Å²) in [5.74, 6) is 0.293. The number of amides is 1. The summed E-state index contributed by atoms with van der Waals surface area (Å²) in [6.45, 7) is 8.86. The van der Waals surface area contributed by atoms with E-state index in [1.165, 1.54) is 22.5 Å². The van der Waals surface area contributed by atoms with E-state index in [9.17, 15) is 13.2 Å². The number of nitrogens with one attached hydrogen (secondary N) is 1. The van der Waals surface area contributed by atoms with Crippen LogP contribution in [0.25, 0.3) is 0 Å². The number of carbonyl (C=O) groups is 1. The fraction of sp³-hybridized carbons (Fsp3) is 0.650. The number of benzene rings is 1. The monoisotopic (exact) mass is 461 g/mol. The minimum Gasteiger partial charge on any atom is -0.320 e. The van der Waals surface area contributed by atoms with Crippen LogP contribution in [0.15, 0.2) is 23.1 Å². The van der Waals surface area contributed by atoms with Crippen molar-refractivity contribution in [3.63, 3.8) is 0 Å². The normalized spacial score (nSPS) is 23.9. The minimum atomic E-state index is -3.68. The summed E-state index contributed by atoms with van der Waals surface area (Å²) >= 11 is 11.9. The molecule has 9 heteroatoms. The Balaban J connectivity index is 1.84. The maximum Gasteiger partial charge on any atom is 0.243 e. The molecular weight excluding hydrogens is 433 g/mol. The Morgan fingerprint density at radius 1 is 1.17 bits per heavy atom. The molecule has 3 rings (SSSR count). The highest BCUT2D eigenvalue weighted by atomic mass is 35.5. The van der Waals surface area contributed by atoms with Gasteiger partial charge in [0.05, 0.1) is 26.6 Å². The van der Waals surface area contributed by atoms with Gasteiger partial charge in [-0.3, -0.25) is 10.1 Å². The first-order valence-corrected chi connectivity index (χ1v) is 12.3. The third-order valence-corrected chi connectivity index (χ3v) is 8.80. The van der Waals surface area contributed by atoms with Gasteiger partial charge in [0.2, 0.25) is 15.9 Å². The lowest BCUT2D eigenvalue weighted by Gasteiger charge is -2.46. The van der Waals surface area contributed by atoms with Crippen molar-refractivity contribution in [2.24, 2.45) is 5.92 Å². The summed E-state index contributed by atoms with van der Waals surface area (Å²) in [6.07, 6.45) is 1.95. The van der Waals surface area contributed by atoms with E-state index < -0.39 is 15.7 Å². The Bertz CT molecular complexity index is 883. The van der Waals surface area contributed by atoms with Crippen LogP contribution < -0.4 is 5.32 Å². The quantitative estimate of drug-likeness (QED) is 0.724. The van der Waals surface area contributed by atoms with Crippen LogP contribution in [-0.4, -0.2) is 54.4 Å². The molecule has 6 nitrogen and oxygen atoms in total. The van der Waals surface area contributed by atoms with Crippen LogP contribution in [0.2, 0.25) is 10.0 Å². The average molecular weight is 462 g/mol. The van der Waals surface area contributed by atoms with E-state index >= 15 is 0 Å². The lowest BCUT2D eigenvalue weighted by Crippen LogP contribution is -2.61. The molecule has 2 saturated heterocycles. The van der Waals surface area contributed by atoms with Crippen LogP contribution in [0.5, 0.6) is 0 Å². The first kappa shape index (κ1) is 22.8. The lowest BCUT2D eigenvalue weighted by atomic mass is 9.95. The molecule has 0 radical (unpaired) electrons. The number of nitrogens with zero attached hydrogens (tertiary/aromatic N) is 2. The number of rotatable bonds is 5. The Kier molecular flexibility index (Phi) is 6.57. The van der Waals surface area contributed by atoms with Crippen molar-refractivity contribution in [1.82, 2.24) is 14.5 Å². The fourth-order valence-electron chi connectivity index (χ4n) is 4.32. The summed E-state index contributed by atoms with van der Waals surface area (Å²) in [5.41, 5.74) is -0.495. The van der Waals surface area contributed by atoms with Gasteiger partial charge in [-0.2, -0.15) is 4.31 Å². The second-order valence-corrected chi connectivity index (χ2v) is 11.1. The van der Waals surface area contributed by atoms with E-state index in [4.69, 9.17) is 23.2 Å². The topological polar surface area (TPSA) is 69.7 Å². The maximum atomic E-state index is 13.1. The molecule has 0 saturated carbocycles. The molecule has 2 aliphatic heterocycles. The van der Waals surface area contributed by atoms with Crippen LogP contribution in [0, 0.1) is 5.92 Å². The van der Waals surface area contributed by atoms with Crippen LogP contribution >= 0.6 is 23.2 Å². The van der Waals surface area contributed by atoms with Crippen LogP contribution in [0.1, 0.15) is 47.0 Å². The molecule has 1 amide bonds. The highest BCUT2D eigenvalue weighted by molar-refractivity contribution is 7.89. The Morgan fingerprint density at radius 3 is 2.31 bits per heavy atom. The van der Waals surface area contributed by atoms with Crippen molar-refractivity contribution < 1.29 is 13.2 Å². The summed E-state index contributed by atoms with van der Waals surface area (Å²) in [5, 5.41) is 4.10. The molecule has 2 fully saturated rings. The third kappa shape index (κ3) is 4.04. The zero-order chi connectivity index (χ0) is 21.6. The van der Waals surface area contributed by atoms with Crippen molar-refractivity contribution in [2.45, 2.75) is 69.6 Å². The summed E-state index contributed by atoms with van der Waals surface area (Å²) in [7, 11) is -3.68. The molecule has 2 atom stereocenters. The fourth-order valence-corrected chi connectivity index (χ4v) is 6.15. The average Bonchev–Trinajstić information content (AvgIpc) is 2.95. The van der Waals surface area contributed by atoms with Gasteiger partial charge < -0.3 is 4.90 Å². The Labute approximate surface area is 183 Å². The van der Waals surface area contributed by atoms with Gasteiger partial charge in [-0.15, -0.1) is 0 Å². The van der Waals surface area contributed by atoms with Gasteiger partial charge in [0.25, 0.3) is 0 Å². The van der Waals surface area contributed by atoms with E-state index in [1.54, 1.807) is 0 Å². The molecular formula is C20H29Cl2N3O3S. The van der Waals surface area contributed by atoms with E-state index in [-0.39, 0.29) is 33.8 Å². The first-order valence-electron chi connectivity index (χ1n) is 10.1. The number of sulfonamides is 1. The van der Waals surface area contributed by atoms with Crippen molar-refractivity contribution in [2.75, 3.05) is 13.1 Å². The zero-order valence-corrected chi connectivity index (χ0v) is 19.6. The highest BCUT2D eigenvalue weighted by Crippen LogP contribution is 2.38. The predicted molar refractivity (Wildman–Crippen MR) is 116 cm³/mol. The van der Waals surface area contributed by atoms with Crippen LogP contribution in [0.4, 0.5) is 0 Å². The third-order valence-electron chi connectivity index (χ3n) is 6.17. The first-order chi connectivity index (χ1) is 13.5. The molecule has 2 unspecified atom stereocenters. The lowest BCUT2D eigenvalue weighted by molar-refractivity contribution is -0.136. The second-order valence-electron chi connectivity index (χ2n) is 8.34. The van der Waals surface area contributed by atoms with E-state index in [1.807, 2.05) is 18.7 Å². The molecule has 0 bridgehead atoms. The molecule has 0 aromatic heterocycles. The van der Waals surface area contributed by atoms with E-state index in [0.29, 0.717) is 31.0 Å². The molecule has 1 aromatic rings. The molecule has 1 aromatic carbocycles. The SMILES string of the molecule is CCC(C)N1C(=O)C(C(C)C)NC12CCN(S(=O)(=O)c1ccc(Cl)c(Cl)c1)CC2. The predicted octanol–water partition coefficient (Wildman–Crippen LogP) is 3.73. The molecule has 1 spiro atoms. The van der Waals surface area contributed by atoms with Gasteiger partial charge in [0.15, 0.2) is 0 Å². The van der Waals surface area contributed by atoms with Gasteiger partial charge in [-0.05, 0) is 50.3 Å². The molecule has 1 N–H and O–H groups in total. The van der Waals surface area contributed by atoms with Crippen LogP contribution in [0.3, 0.4) is 0 Å². The van der Waals surface area contributed by atoms with Gasteiger partial charge >= 0.3 is 0 Å². The number of halogens is 2. The minimum absolute atomic E-state index is 0.0944. The molecule has 162 valence electrons. The van der Waals surface area contributed by atoms with Gasteiger partial charge in [-0.25, -0.2) is 8.42 Å². The number of hydrogen-bond donors (Lipinski definition) is 1. The Hall–Kier alpha value is -0.860.